The monoisotopic (exact) mass is 572 g/mol. The van der Waals surface area contributed by atoms with Gasteiger partial charge in [0.25, 0.3) is 0 Å². The lowest BCUT2D eigenvalue weighted by Gasteiger charge is -2.35. The predicted molar refractivity (Wildman–Crippen MR) is 115 cm³/mol. The van der Waals surface area contributed by atoms with Crippen LogP contribution in [0.1, 0.15) is 37.8 Å². The van der Waals surface area contributed by atoms with Crippen LogP contribution >= 0.6 is 70.0 Å². The van der Waals surface area contributed by atoms with E-state index in [9.17, 15) is 5.11 Å². The summed E-state index contributed by atoms with van der Waals surface area (Å²) < 4.78 is 2.16. The van der Waals surface area contributed by atoms with Crippen LogP contribution in [-0.4, -0.2) is 36.2 Å². The molecule has 0 aliphatic carbocycles. The maximum Gasteiger partial charge on any atom is 0.133 e. The van der Waals surface area contributed by atoms with Gasteiger partial charge in [-0.3, -0.25) is 4.90 Å². The van der Waals surface area contributed by atoms with Crippen LogP contribution in [0.5, 0.6) is 5.75 Å². The molecule has 3 nitrogen and oxygen atoms in total. The molecule has 1 aliphatic heterocycles. The summed E-state index contributed by atoms with van der Waals surface area (Å²) in [5, 5.41) is 13.9. The molecular weight excluding hydrogens is 549 g/mol. The Labute approximate surface area is 173 Å². The molecule has 1 fully saturated rings. The minimum atomic E-state index is 0. The molecular formula is C15H24Cl2I2N2O. The van der Waals surface area contributed by atoms with Crippen LogP contribution in [-0.2, 0) is 0 Å². The van der Waals surface area contributed by atoms with Gasteiger partial charge in [0.05, 0.1) is 3.57 Å². The number of phenols is 1. The smallest absolute Gasteiger partial charge is 0.133 e. The van der Waals surface area contributed by atoms with Gasteiger partial charge in [-0.25, -0.2) is 0 Å². The SMILES string of the molecule is CCCC[C@H](c1cc(I)cc(I)c1O)N1CCNCC1.Cl.Cl. The van der Waals surface area contributed by atoms with Crippen molar-refractivity contribution in [3.8, 4) is 5.75 Å². The number of nitrogens with one attached hydrogen (secondary N) is 1. The lowest BCUT2D eigenvalue weighted by atomic mass is 9.98. The van der Waals surface area contributed by atoms with Gasteiger partial charge < -0.3 is 10.4 Å². The highest BCUT2D eigenvalue weighted by molar-refractivity contribution is 14.1. The lowest BCUT2D eigenvalue weighted by Crippen LogP contribution is -2.45. The molecule has 1 atom stereocenters. The molecule has 0 bridgehead atoms. The number of halogens is 4. The zero-order valence-corrected chi connectivity index (χ0v) is 18.6. The second-order valence-electron chi connectivity index (χ2n) is 5.27. The fourth-order valence-electron chi connectivity index (χ4n) is 2.77. The summed E-state index contributed by atoms with van der Waals surface area (Å²) in [7, 11) is 0. The van der Waals surface area contributed by atoms with Crippen molar-refractivity contribution in [1.29, 1.82) is 0 Å². The van der Waals surface area contributed by atoms with Gasteiger partial charge in [0.15, 0.2) is 0 Å². The maximum atomic E-state index is 10.5. The van der Waals surface area contributed by atoms with E-state index in [0.717, 1.165) is 41.7 Å². The molecule has 2 N–H and O–H groups in total. The molecule has 128 valence electrons. The van der Waals surface area contributed by atoms with Gasteiger partial charge in [0.2, 0.25) is 0 Å². The standard InChI is InChI=1S/C15H22I2N2O.2ClH/c1-2-3-4-14(19-7-5-18-6-8-19)12-9-11(16)10-13(17)15(12)20;;/h9-10,14,18,20H,2-8H2,1H3;2*1H/t14-;;/m1../s1. The van der Waals surface area contributed by atoms with E-state index in [4.69, 9.17) is 0 Å². The number of hydrogen-bond donors (Lipinski definition) is 2. The molecule has 1 aromatic rings. The summed E-state index contributed by atoms with van der Waals surface area (Å²) in [5.74, 6) is 0.477. The fraction of sp³-hybridized carbons (Fsp3) is 0.600. The highest BCUT2D eigenvalue weighted by atomic mass is 127. The van der Waals surface area contributed by atoms with Crippen molar-refractivity contribution in [3.63, 3.8) is 0 Å². The second-order valence-corrected chi connectivity index (χ2v) is 7.68. The van der Waals surface area contributed by atoms with Crippen molar-refractivity contribution in [2.24, 2.45) is 0 Å². The van der Waals surface area contributed by atoms with Crippen molar-refractivity contribution in [2.45, 2.75) is 32.2 Å². The van der Waals surface area contributed by atoms with E-state index in [1.165, 1.54) is 16.4 Å². The number of nitrogens with zero attached hydrogens (tertiary/aromatic N) is 1. The third kappa shape index (κ3) is 6.12. The Morgan fingerprint density at radius 1 is 1.23 bits per heavy atom. The minimum absolute atomic E-state index is 0. The fourth-order valence-corrected chi connectivity index (χ4v) is 4.66. The van der Waals surface area contributed by atoms with Crippen molar-refractivity contribution in [2.75, 3.05) is 26.2 Å². The topological polar surface area (TPSA) is 35.5 Å². The molecule has 7 heteroatoms. The molecule has 1 saturated heterocycles. The Balaban J connectivity index is 0.00000220. The largest absolute Gasteiger partial charge is 0.506 e. The number of piperazine rings is 1. The van der Waals surface area contributed by atoms with Crippen LogP contribution in [0.25, 0.3) is 0 Å². The highest BCUT2D eigenvalue weighted by Crippen LogP contribution is 2.36. The second kappa shape index (κ2) is 11.5. The quantitative estimate of drug-likeness (QED) is 0.507. The first kappa shape index (κ1) is 23.0. The van der Waals surface area contributed by atoms with Gasteiger partial charge in [0.1, 0.15) is 5.75 Å². The zero-order chi connectivity index (χ0) is 14.5. The Morgan fingerprint density at radius 3 is 2.45 bits per heavy atom. The average Bonchev–Trinajstić information content (AvgIpc) is 2.45. The Kier molecular flexibility index (Phi) is 12.0. The molecule has 22 heavy (non-hydrogen) atoms. The number of aromatic hydroxyl groups is 1. The van der Waals surface area contributed by atoms with Gasteiger partial charge >= 0.3 is 0 Å². The molecule has 0 amide bonds. The Hall–Kier alpha value is 0.980. The van der Waals surface area contributed by atoms with Crippen LogP contribution < -0.4 is 5.32 Å². The molecule has 1 aromatic carbocycles. The van der Waals surface area contributed by atoms with Crippen LogP contribution in [0.4, 0.5) is 0 Å². The van der Waals surface area contributed by atoms with Crippen LogP contribution in [0, 0.1) is 7.14 Å². The third-order valence-corrected chi connectivity index (χ3v) is 5.29. The van der Waals surface area contributed by atoms with Gasteiger partial charge in [-0.1, -0.05) is 19.8 Å². The van der Waals surface area contributed by atoms with E-state index < -0.39 is 0 Å². The first-order valence-corrected chi connectivity index (χ1v) is 9.42. The maximum absolute atomic E-state index is 10.5. The van der Waals surface area contributed by atoms with E-state index in [-0.39, 0.29) is 24.8 Å². The summed E-state index contributed by atoms with van der Waals surface area (Å²) in [6, 6.07) is 4.54. The summed E-state index contributed by atoms with van der Waals surface area (Å²) >= 11 is 4.57. The van der Waals surface area contributed by atoms with Crippen molar-refractivity contribution in [1.82, 2.24) is 10.2 Å². The Bertz CT molecular complexity index is 457. The van der Waals surface area contributed by atoms with Crippen molar-refractivity contribution in [3.05, 3.63) is 24.8 Å². The zero-order valence-electron chi connectivity index (χ0n) is 12.6. The van der Waals surface area contributed by atoms with Crippen molar-refractivity contribution >= 4 is 70.0 Å². The highest BCUT2D eigenvalue weighted by Gasteiger charge is 2.25. The summed E-state index contributed by atoms with van der Waals surface area (Å²) in [6.45, 7) is 6.45. The summed E-state index contributed by atoms with van der Waals surface area (Å²) in [4.78, 5) is 2.52. The minimum Gasteiger partial charge on any atom is -0.506 e. The third-order valence-electron chi connectivity index (χ3n) is 3.84. The normalized spacial score (nSPS) is 16.5. The number of rotatable bonds is 5. The van der Waals surface area contributed by atoms with Crippen LogP contribution in [0.15, 0.2) is 12.1 Å². The van der Waals surface area contributed by atoms with Crippen LogP contribution in [0.2, 0.25) is 0 Å². The van der Waals surface area contributed by atoms with Crippen molar-refractivity contribution < 1.29 is 5.11 Å². The molecule has 2 rings (SSSR count). The first-order valence-electron chi connectivity index (χ1n) is 7.26. The van der Waals surface area contributed by atoms with Gasteiger partial charge in [0, 0.05) is 41.4 Å². The van der Waals surface area contributed by atoms with Gasteiger partial charge in [-0.05, 0) is 63.7 Å². The van der Waals surface area contributed by atoms with Gasteiger partial charge in [-0.15, -0.1) is 24.8 Å². The molecule has 0 saturated carbocycles. The summed E-state index contributed by atoms with van der Waals surface area (Å²) in [5.41, 5.74) is 1.11. The molecule has 0 spiro atoms. The molecule has 1 heterocycles. The Morgan fingerprint density at radius 2 is 1.86 bits per heavy atom. The van der Waals surface area contributed by atoms with E-state index in [2.05, 4.69) is 68.4 Å². The molecule has 1 aliphatic rings. The lowest BCUT2D eigenvalue weighted by molar-refractivity contribution is 0.160. The van der Waals surface area contributed by atoms with E-state index >= 15 is 0 Å². The average molecular weight is 573 g/mol. The molecule has 0 aromatic heterocycles. The van der Waals surface area contributed by atoms with Crippen LogP contribution in [0.3, 0.4) is 0 Å². The van der Waals surface area contributed by atoms with Gasteiger partial charge in [-0.2, -0.15) is 0 Å². The molecule has 0 unspecified atom stereocenters. The molecule has 0 radical (unpaired) electrons. The number of hydrogen-bond acceptors (Lipinski definition) is 3. The summed E-state index contributed by atoms with van der Waals surface area (Å²) in [6.07, 6.45) is 3.53. The van der Waals surface area contributed by atoms with E-state index in [1.807, 2.05) is 6.07 Å². The van der Waals surface area contributed by atoms with E-state index in [1.54, 1.807) is 0 Å². The number of phenolic OH excluding ortho intramolecular Hbond substituents is 1. The predicted octanol–water partition coefficient (Wildman–Crippen LogP) is 4.58. The number of benzene rings is 1. The van der Waals surface area contributed by atoms with E-state index in [0.29, 0.717) is 11.8 Å². The first-order chi connectivity index (χ1) is 9.63. The number of unbranched alkanes of at least 4 members (excludes halogenated alkanes) is 1.